The van der Waals surface area contributed by atoms with E-state index in [4.69, 9.17) is 0 Å². The number of hydrogen-bond donors (Lipinski definition) is 1. The maximum Gasteiger partial charge on any atom is 0.256 e. The number of carbonyl (C=O) groups is 2. The third kappa shape index (κ3) is 4.05. The van der Waals surface area contributed by atoms with E-state index in [0.29, 0.717) is 5.69 Å². The molecule has 2 amide bonds. The lowest BCUT2D eigenvalue weighted by atomic mass is 9.95. The molecule has 0 unspecified atom stereocenters. The first-order chi connectivity index (χ1) is 12.2. The van der Waals surface area contributed by atoms with Gasteiger partial charge in [-0.15, -0.1) is 0 Å². The molecule has 5 nitrogen and oxygen atoms in total. The van der Waals surface area contributed by atoms with Crippen molar-refractivity contribution < 1.29 is 9.59 Å². The number of carbonyl (C=O) groups excluding carboxylic acids is 2. The van der Waals surface area contributed by atoms with E-state index < -0.39 is 0 Å². The average molecular weight is 337 g/mol. The van der Waals surface area contributed by atoms with E-state index in [1.54, 1.807) is 0 Å². The van der Waals surface area contributed by atoms with Crippen LogP contribution in [0.15, 0.2) is 47.6 Å². The van der Waals surface area contributed by atoms with Crippen LogP contribution in [0.5, 0.6) is 0 Å². The first kappa shape index (κ1) is 17.1. The van der Waals surface area contributed by atoms with Crippen LogP contribution < -0.4 is 10.3 Å². The second-order valence-electron chi connectivity index (χ2n) is 6.42. The van der Waals surface area contributed by atoms with E-state index in [2.05, 4.69) is 17.1 Å². The summed E-state index contributed by atoms with van der Waals surface area (Å²) in [6.07, 6.45) is 5.25. The van der Waals surface area contributed by atoms with Crippen LogP contribution in [0.3, 0.4) is 0 Å². The lowest BCUT2D eigenvalue weighted by Crippen LogP contribution is -2.39. The van der Waals surface area contributed by atoms with E-state index in [1.807, 2.05) is 42.5 Å². The molecule has 1 aliphatic rings. The Bertz CT molecular complexity index is 776. The maximum absolute atomic E-state index is 12.6. The Kier molecular flexibility index (Phi) is 5.43. The minimum atomic E-state index is -0.375. The Morgan fingerprint density at radius 1 is 1.08 bits per heavy atom. The quantitative estimate of drug-likeness (QED) is 0.514. The summed E-state index contributed by atoms with van der Waals surface area (Å²) in [5, 5.41) is 9.96. The Labute approximate surface area is 147 Å². The van der Waals surface area contributed by atoms with Crippen LogP contribution in [0.1, 0.15) is 38.5 Å². The number of amides is 2. The van der Waals surface area contributed by atoms with Crippen LogP contribution in [-0.2, 0) is 9.59 Å². The van der Waals surface area contributed by atoms with E-state index >= 15 is 0 Å². The Morgan fingerprint density at radius 2 is 1.80 bits per heavy atom. The zero-order valence-electron chi connectivity index (χ0n) is 14.3. The van der Waals surface area contributed by atoms with E-state index in [1.165, 1.54) is 11.4 Å². The third-order valence-corrected chi connectivity index (χ3v) is 4.65. The summed E-state index contributed by atoms with van der Waals surface area (Å²) < 4.78 is 0. The number of hydrogen-bond acceptors (Lipinski definition) is 3. The number of nitrogens with zero attached hydrogens (tertiary/aromatic N) is 2. The van der Waals surface area contributed by atoms with Gasteiger partial charge in [0, 0.05) is 18.1 Å². The molecule has 0 saturated heterocycles. The van der Waals surface area contributed by atoms with Crippen molar-refractivity contribution in [1.29, 1.82) is 0 Å². The Morgan fingerprint density at radius 3 is 2.56 bits per heavy atom. The van der Waals surface area contributed by atoms with Gasteiger partial charge in [-0.05, 0) is 24.3 Å². The van der Waals surface area contributed by atoms with E-state index in [-0.39, 0.29) is 24.3 Å². The van der Waals surface area contributed by atoms with Gasteiger partial charge in [-0.3, -0.25) is 9.59 Å². The molecule has 25 heavy (non-hydrogen) atoms. The molecule has 1 N–H and O–H groups in total. The Balaban J connectivity index is 1.72. The van der Waals surface area contributed by atoms with Gasteiger partial charge in [0.25, 0.3) is 5.91 Å². The number of rotatable bonds is 5. The summed E-state index contributed by atoms with van der Waals surface area (Å²) >= 11 is 0. The molecule has 0 atom stereocenters. The van der Waals surface area contributed by atoms with Gasteiger partial charge in [0.05, 0.1) is 5.69 Å². The molecule has 0 bridgehead atoms. The lowest BCUT2D eigenvalue weighted by Gasteiger charge is -2.23. The number of fused-ring (bicyclic) bond motifs is 1. The normalized spacial score (nSPS) is 14.9. The standard InChI is InChI=1S/C20H23N3O2/c1-21-23(18-13-7-9-15-8-5-6-12-17(15)18)20(25)14-19(24)22-16-10-3-2-4-11-16/h5-9,12-13,16H,1-4,10-11,14H2,(H,22,24). The molecule has 2 aromatic rings. The van der Waals surface area contributed by atoms with Gasteiger partial charge in [-0.1, -0.05) is 55.7 Å². The summed E-state index contributed by atoms with van der Waals surface area (Å²) in [5.41, 5.74) is 0.642. The topological polar surface area (TPSA) is 61.8 Å². The minimum Gasteiger partial charge on any atom is -0.353 e. The number of anilines is 1. The summed E-state index contributed by atoms with van der Waals surface area (Å²) in [4.78, 5) is 24.8. The summed E-state index contributed by atoms with van der Waals surface area (Å²) in [5.74, 6) is -0.620. The second kappa shape index (κ2) is 7.92. The largest absolute Gasteiger partial charge is 0.353 e. The molecule has 130 valence electrons. The molecule has 5 heteroatoms. The van der Waals surface area contributed by atoms with Gasteiger partial charge in [0.1, 0.15) is 6.42 Å². The molecule has 0 spiro atoms. The first-order valence-electron chi connectivity index (χ1n) is 8.76. The van der Waals surface area contributed by atoms with Crippen LogP contribution >= 0.6 is 0 Å². The van der Waals surface area contributed by atoms with Crippen molar-refractivity contribution in [2.24, 2.45) is 5.10 Å². The van der Waals surface area contributed by atoms with Crippen LogP contribution in [-0.4, -0.2) is 24.6 Å². The van der Waals surface area contributed by atoms with Crippen molar-refractivity contribution >= 4 is 35.0 Å². The number of benzene rings is 2. The van der Waals surface area contributed by atoms with Crippen molar-refractivity contribution in [3.63, 3.8) is 0 Å². The summed E-state index contributed by atoms with van der Waals surface area (Å²) in [6.45, 7) is 3.51. The van der Waals surface area contributed by atoms with Crippen LogP contribution in [0.4, 0.5) is 5.69 Å². The van der Waals surface area contributed by atoms with Crippen LogP contribution in [0.25, 0.3) is 10.8 Å². The Hall–Kier alpha value is -2.69. The predicted molar refractivity (Wildman–Crippen MR) is 101 cm³/mol. The van der Waals surface area contributed by atoms with Gasteiger partial charge in [0.15, 0.2) is 0 Å². The third-order valence-electron chi connectivity index (χ3n) is 4.65. The fraction of sp³-hybridized carbons (Fsp3) is 0.350. The van der Waals surface area contributed by atoms with Crippen molar-refractivity contribution in [3.05, 3.63) is 42.5 Å². The minimum absolute atomic E-state index is 0.191. The molecule has 0 heterocycles. The van der Waals surface area contributed by atoms with E-state index in [9.17, 15) is 9.59 Å². The summed E-state index contributed by atoms with van der Waals surface area (Å²) in [6, 6.07) is 13.6. The number of nitrogens with one attached hydrogen (secondary N) is 1. The molecule has 1 fully saturated rings. The van der Waals surface area contributed by atoms with E-state index in [0.717, 1.165) is 36.5 Å². The zero-order chi connectivity index (χ0) is 17.6. The van der Waals surface area contributed by atoms with Gasteiger partial charge in [-0.2, -0.15) is 5.10 Å². The first-order valence-corrected chi connectivity index (χ1v) is 8.76. The SMILES string of the molecule is C=NN(C(=O)CC(=O)NC1CCCCC1)c1cccc2ccccc12. The average Bonchev–Trinajstić information content (AvgIpc) is 2.63. The van der Waals surface area contributed by atoms with Crippen molar-refractivity contribution in [2.45, 2.75) is 44.6 Å². The molecule has 1 aliphatic carbocycles. The molecule has 3 rings (SSSR count). The summed E-state index contributed by atoms with van der Waals surface area (Å²) in [7, 11) is 0. The number of hydrazone groups is 1. The van der Waals surface area contributed by atoms with Crippen LogP contribution in [0, 0.1) is 0 Å². The van der Waals surface area contributed by atoms with Crippen molar-refractivity contribution in [3.8, 4) is 0 Å². The molecule has 0 aliphatic heterocycles. The smallest absolute Gasteiger partial charge is 0.256 e. The molecule has 1 saturated carbocycles. The molecule has 0 radical (unpaired) electrons. The second-order valence-corrected chi connectivity index (χ2v) is 6.42. The fourth-order valence-corrected chi connectivity index (χ4v) is 3.42. The highest BCUT2D eigenvalue weighted by atomic mass is 16.2. The molecule has 0 aromatic heterocycles. The highest BCUT2D eigenvalue weighted by Crippen LogP contribution is 2.27. The van der Waals surface area contributed by atoms with Gasteiger partial charge in [0.2, 0.25) is 5.91 Å². The predicted octanol–water partition coefficient (Wildman–Crippen LogP) is 3.63. The molecular formula is C20H23N3O2. The highest BCUT2D eigenvalue weighted by Gasteiger charge is 2.22. The van der Waals surface area contributed by atoms with Crippen molar-refractivity contribution in [2.75, 3.05) is 5.01 Å². The lowest BCUT2D eigenvalue weighted by molar-refractivity contribution is -0.128. The monoisotopic (exact) mass is 337 g/mol. The molecular weight excluding hydrogens is 314 g/mol. The van der Waals surface area contributed by atoms with Crippen LogP contribution in [0.2, 0.25) is 0 Å². The molecule has 2 aromatic carbocycles. The van der Waals surface area contributed by atoms with Crippen molar-refractivity contribution in [1.82, 2.24) is 5.32 Å². The van der Waals surface area contributed by atoms with Gasteiger partial charge in [-0.25, -0.2) is 5.01 Å². The fourth-order valence-electron chi connectivity index (χ4n) is 3.42. The maximum atomic E-state index is 12.6. The highest BCUT2D eigenvalue weighted by molar-refractivity contribution is 6.09. The van der Waals surface area contributed by atoms with Gasteiger partial charge < -0.3 is 5.32 Å². The zero-order valence-corrected chi connectivity index (χ0v) is 14.3. The van der Waals surface area contributed by atoms with Gasteiger partial charge >= 0.3 is 0 Å².